The van der Waals surface area contributed by atoms with Crippen molar-refractivity contribution in [3.8, 4) is 16.9 Å². The van der Waals surface area contributed by atoms with Crippen LogP contribution in [0.25, 0.3) is 49.8 Å². The van der Waals surface area contributed by atoms with Gasteiger partial charge in [-0.25, -0.2) is 0 Å². The van der Waals surface area contributed by atoms with Gasteiger partial charge in [-0.05, 0) is 121 Å². The summed E-state index contributed by atoms with van der Waals surface area (Å²) in [6.07, 6.45) is 0. The monoisotopic (exact) mass is 909 g/mol. The van der Waals surface area contributed by atoms with Gasteiger partial charge < -0.3 is 18.8 Å². The van der Waals surface area contributed by atoms with Gasteiger partial charge in [-0.3, -0.25) is 0 Å². The van der Waals surface area contributed by atoms with Crippen LogP contribution in [0.15, 0.2) is 168 Å². The molecule has 5 heteroatoms. The maximum absolute atomic E-state index is 6.70. The van der Waals surface area contributed by atoms with Gasteiger partial charge in [-0.15, -0.1) is 0 Å². The van der Waals surface area contributed by atoms with E-state index in [0.29, 0.717) is 0 Å². The zero-order chi connectivity index (χ0) is 48.4. The number of rotatable bonds is 4. The molecule has 0 atom stereocenters. The Labute approximate surface area is 413 Å². The molecule has 2 aromatic heterocycles. The first kappa shape index (κ1) is 42.8. The second-order valence-corrected chi connectivity index (χ2v) is 23.8. The molecule has 0 saturated carbocycles. The van der Waals surface area contributed by atoms with E-state index in [1.165, 1.54) is 83.4 Å². The van der Waals surface area contributed by atoms with Gasteiger partial charge in [-0.2, -0.15) is 0 Å². The lowest BCUT2D eigenvalue weighted by Crippen LogP contribution is -2.60. The van der Waals surface area contributed by atoms with Gasteiger partial charge >= 0.3 is 0 Å². The van der Waals surface area contributed by atoms with Crippen molar-refractivity contribution in [2.45, 2.75) is 97.8 Å². The molecule has 0 bridgehead atoms. The third-order valence-electron chi connectivity index (χ3n) is 16.0. The van der Waals surface area contributed by atoms with Crippen LogP contribution in [-0.4, -0.2) is 11.3 Å². The van der Waals surface area contributed by atoms with Gasteiger partial charge in [0.15, 0.2) is 0 Å². The molecule has 1 aliphatic carbocycles. The fourth-order valence-corrected chi connectivity index (χ4v) is 12.4. The Hall–Kier alpha value is -7.24. The Bertz CT molecular complexity index is 3750. The van der Waals surface area contributed by atoms with Crippen LogP contribution in [0.2, 0.25) is 0 Å². The first-order valence-electron chi connectivity index (χ1n) is 25.2. The van der Waals surface area contributed by atoms with Crippen LogP contribution in [0.4, 0.5) is 34.1 Å². The molecule has 13 rings (SSSR count). The fourth-order valence-electron chi connectivity index (χ4n) is 12.4. The molecule has 0 unspecified atom stereocenters. The molecule has 4 nitrogen and oxygen atoms in total. The lowest BCUT2D eigenvalue weighted by Gasteiger charge is -2.42. The quantitative estimate of drug-likeness (QED) is 0.165. The van der Waals surface area contributed by atoms with Crippen LogP contribution in [0.1, 0.15) is 104 Å². The van der Waals surface area contributed by atoms with E-state index in [1.807, 2.05) is 0 Å². The van der Waals surface area contributed by atoms with Gasteiger partial charge in [0.05, 0.1) is 22.5 Å². The van der Waals surface area contributed by atoms with Crippen LogP contribution in [0.3, 0.4) is 0 Å². The summed E-state index contributed by atoms with van der Waals surface area (Å²) in [5.41, 5.74) is 24.2. The van der Waals surface area contributed by atoms with Crippen molar-refractivity contribution >= 4 is 90.1 Å². The van der Waals surface area contributed by atoms with Crippen LogP contribution in [0.5, 0.6) is 0 Å². The van der Waals surface area contributed by atoms with E-state index >= 15 is 0 Å². The molecule has 0 fully saturated rings. The third-order valence-corrected chi connectivity index (χ3v) is 16.0. The number of anilines is 6. The van der Waals surface area contributed by atoms with Crippen LogP contribution >= 0.6 is 0 Å². The van der Waals surface area contributed by atoms with E-state index in [9.17, 15) is 0 Å². The summed E-state index contributed by atoms with van der Waals surface area (Å²) >= 11 is 0. The van der Waals surface area contributed by atoms with Gasteiger partial charge in [-0.1, -0.05) is 179 Å². The summed E-state index contributed by atoms with van der Waals surface area (Å²) in [6, 6.07) is 62.3. The van der Waals surface area contributed by atoms with E-state index in [-0.39, 0.29) is 28.4 Å². The highest BCUT2D eigenvalue weighted by Gasteiger charge is 2.47. The zero-order valence-corrected chi connectivity index (χ0v) is 42.4. The average Bonchev–Trinajstić information content (AvgIpc) is 3.97. The topological polar surface area (TPSA) is 24.6 Å². The molecule has 2 aliphatic heterocycles. The molecule has 4 heterocycles. The Morgan fingerprint density at radius 3 is 1.76 bits per heavy atom. The maximum Gasteiger partial charge on any atom is 0.252 e. The summed E-state index contributed by atoms with van der Waals surface area (Å²) in [4.78, 5) is 5.10. The summed E-state index contributed by atoms with van der Waals surface area (Å²) in [7, 11) is 0. The molecule has 10 aromatic rings. The SMILES string of the molecule is CC(C)(C)c1ccc(N(c2ccc(C(C)(C)C)cc2)c2cc3c4c(c2)-n2c5c(c6cccc(c62)B4c2ccc(C(C)(C)C)cc2N3c2cccc3oc4ccccc4c23)C(C)(C)c2ccccc2-5)cc1. The van der Waals surface area contributed by atoms with Crippen molar-refractivity contribution in [2.24, 2.45) is 0 Å². The average molecular weight is 910 g/mol. The molecular weight excluding hydrogens is 850 g/mol. The van der Waals surface area contributed by atoms with Crippen LogP contribution < -0.4 is 26.2 Å². The Morgan fingerprint density at radius 2 is 1.07 bits per heavy atom. The van der Waals surface area contributed by atoms with Gasteiger partial charge in [0.25, 0.3) is 6.71 Å². The summed E-state index contributed by atoms with van der Waals surface area (Å²) in [5.74, 6) is 0. The molecular formula is C65H60BN3O. The molecule has 0 amide bonds. The zero-order valence-electron chi connectivity index (χ0n) is 42.4. The van der Waals surface area contributed by atoms with Gasteiger partial charge in [0, 0.05) is 55.7 Å². The van der Waals surface area contributed by atoms with Crippen LogP contribution in [0, 0.1) is 0 Å². The maximum atomic E-state index is 6.70. The fraction of sp³-hybridized carbons (Fsp3) is 0.231. The highest BCUT2D eigenvalue weighted by atomic mass is 16.3. The number of para-hydroxylation sites is 2. The number of furan rings is 1. The van der Waals surface area contributed by atoms with E-state index in [0.717, 1.165) is 44.7 Å². The smallest absolute Gasteiger partial charge is 0.252 e. The molecule has 70 heavy (non-hydrogen) atoms. The highest BCUT2D eigenvalue weighted by Crippen LogP contribution is 2.56. The standard InChI is InChI=1S/C65H60BN3O/c1-62(2,3)39-26-31-42(32-27-39)67(43-33-28-40(29-34-43)63(4,5)6)44-37-53-59-54(38-44)69-60-47(58-61(69)45-18-12-14-21-48(45)65(58,10)11)20-16-22-50(60)66(59)49-35-30-41(64(7,8)9)36-52(49)68(53)51-23-17-25-56-57(51)46-19-13-15-24-55(46)70-56/h12-38H,1-11H3. The number of fused-ring (bicyclic) bond motifs is 12. The summed E-state index contributed by atoms with van der Waals surface area (Å²) in [6.45, 7) is 25.6. The second kappa shape index (κ2) is 14.4. The lowest BCUT2D eigenvalue weighted by atomic mass is 9.33. The highest BCUT2D eigenvalue weighted by molar-refractivity contribution is 7.00. The molecule has 8 aromatic carbocycles. The van der Waals surface area contributed by atoms with Crippen molar-refractivity contribution in [3.63, 3.8) is 0 Å². The van der Waals surface area contributed by atoms with Crippen molar-refractivity contribution in [1.82, 2.24) is 4.57 Å². The normalized spacial score (nSPS) is 14.6. The number of hydrogen-bond acceptors (Lipinski definition) is 3. The molecule has 344 valence electrons. The summed E-state index contributed by atoms with van der Waals surface area (Å²) in [5, 5.41) is 3.57. The first-order valence-corrected chi connectivity index (χ1v) is 25.2. The van der Waals surface area contributed by atoms with E-state index < -0.39 is 0 Å². The third kappa shape index (κ3) is 6.03. The molecule has 0 N–H and O–H groups in total. The van der Waals surface area contributed by atoms with Crippen molar-refractivity contribution in [1.29, 1.82) is 0 Å². The minimum absolute atomic E-state index is 0.0123. The second-order valence-electron chi connectivity index (χ2n) is 23.8. The predicted octanol–water partition coefficient (Wildman–Crippen LogP) is 15.8. The largest absolute Gasteiger partial charge is 0.456 e. The first-order chi connectivity index (χ1) is 33.4. The minimum atomic E-state index is -0.201. The van der Waals surface area contributed by atoms with Crippen molar-refractivity contribution in [2.75, 3.05) is 9.80 Å². The number of benzene rings is 8. The van der Waals surface area contributed by atoms with Crippen molar-refractivity contribution < 1.29 is 4.42 Å². The lowest BCUT2D eigenvalue weighted by molar-refractivity contribution is 0.590. The number of nitrogens with zero attached hydrogens (tertiary/aromatic N) is 3. The number of aromatic nitrogens is 1. The van der Waals surface area contributed by atoms with Crippen LogP contribution in [-0.2, 0) is 21.7 Å². The molecule has 0 radical (unpaired) electrons. The minimum Gasteiger partial charge on any atom is -0.456 e. The van der Waals surface area contributed by atoms with E-state index in [4.69, 9.17) is 4.42 Å². The van der Waals surface area contributed by atoms with Gasteiger partial charge in [0.1, 0.15) is 11.2 Å². The predicted molar refractivity (Wildman–Crippen MR) is 298 cm³/mol. The Morgan fingerprint density at radius 1 is 0.486 bits per heavy atom. The number of hydrogen-bond donors (Lipinski definition) is 0. The Kier molecular flexibility index (Phi) is 8.82. The molecule has 0 spiro atoms. The van der Waals surface area contributed by atoms with Gasteiger partial charge in [0.2, 0.25) is 0 Å². The van der Waals surface area contributed by atoms with Crippen molar-refractivity contribution in [3.05, 3.63) is 192 Å². The van der Waals surface area contributed by atoms with E-state index in [2.05, 4.69) is 254 Å². The Balaban J connectivity index is 1.20. The molecule has 3 aliphatic rings. The summed E-state index contributed by atoms with van der Waals surface area (Å²) < 4.78 is 9.38. The molecule has 0 saturated heterocycles. The van der Waals surface area contributed by atoms with E-state index in [1.54, 1.807) is 0 Å².